The standard InChI is InChI=1S/C20H20ClN3OS/c1-25-18-9-8-16(12-17(18)21)14-24(13-15-6-4-3-5-7-15)19-10-11-22-20(23-19)26-2/h3-12H,13-14H2,1-2H3. The summed E-state index contributed by atoms with van der Waals surface area (Å²) >= 11 is 7.83. The van der Waals surface area contributed by atoms with Gasteiger partial charge >= 0.3 is 0 Å². The van der Waals surface area contributed by atoms with E-state index in [-0.39, 0.29) is 0 Å². The summed E-state index contributed by atoms with van der Waals surface area (Å²) in [5.74, 6) is 1.57. The van der Waals surface area contributed by atoms with E-state index in [1.807, 2.05) is 48.7 Å². The normalized spacial score (nSPS) is 10.6. The van der Waals surface area contributed by atoms with Crippen LogP contribution in [0.1, 0.15) is 11.1 Å². The van der Waals surface area contributed by atoms with Gasteiger partial charge in [0.25, 0.3) is 0 Å². The number of nitrogens with zero attached hydrogens (tertiary/aromatic N) is 3. The van der Waals surface area contributed by atoms with Crippen molar-refractivity contribution in [2.45, 2.75) is 18.2 Å². The number of rotatable bonds is 7. The van der Waals surface area contributed by atoms with Crippen LogP contribution < -0.4 is 9.64 Å². The van der Waals surface area contributed by atoms with Crippen LogP contribution in [0.25, 0.3) is 0 Å². The number of hydrogen-bond acceptors (Lipinski definition) is 5. The molecule has 0 saturated heterocycles. The van der Waals surface area contributed by atoms with Gasteiger partial charge < -0.3 is 9.64 Å². The molecule has 0 N–H and O–H groups in total. The van der Waals surface area contributed by atoms with Crippen LogP contribution in [-0.2, 0) is 13.1 Å². The highest BCUT2D eigenvalue weighted by Gasteiger charge is 2.12. The van der Waals surface area contributed by atoms with Crippen LogP contribution in [0.2, 0.25) is 5.02 Å². The average Bonchev–Trinajstić information content (AvgIpc) is 2.68. The first-order valence-electron chi connectivity index (χ1n) is 8.18. The maximum absolute atomic E-state index is 6.29. The molecule has 0 spiro atoms. The summed E-state index contributed by atoms with van der Waals surface area (Å²) in [7, 11) is 1.62. The quantitative estimate of drug-likeness (QED) is 0.419. The molecule has 2 aromatic carbocycles. The van der Waals surface area contributed by atoms with Crippen LogP contribution in [0.5, 0.6) is 5.75 Å². The molecular formula is C20H20ClN3OS. The highest BCUT2D eigenvalue weighted by atomic mass is 35.5. The molecule has 0 radical (unpaired) electrons. The second-order valence-corrected chi connectivity index (χ2v) is 6.89. The second kappa shape index (κ2) is 8.92. The molecule has 0 aliphatic rings. The van der Waals surface area contributed by atoms with Crippen LogP contribution in [-0.4, -0.2) is 23.3 Å². The lowest BCUT2D eigenvalue weighted by atomic mass is 10.1. The van der Waals surface area contributed by atoms with E-state index in [4.69, 9.17) is 16.3 Å². The molecule has 0 fully saturated rings. The van der Waals surface area contributed by atoms with Gasteiger partial charge in [0.05, 0.1) is 12.1 Å². The molecule has 0 saturated carbocycles. The van der Waals surface area contributed by atoms with Crippen LogP contribution in [0.3, 0.4) is 0 Å². The average molecular weight is 386 g/mol. The largest absolute Gasteiger partial charge is 0.495 e. The molecule has 6 heteroatoms. The first-order valence-corrected chi connectivity index (χ1v) is 9.78. The molecule has 3 aromatic rings. The zero-order chi connectivity index (χ0) is 18.4. The van der Waals surface area contributed by atoms with E-state index in [0.29, 0.717) is 17.3 Å². The van der Waals surface area contributed by atoms with Crippen molar-refractivity contribution in [3.05, 3.63) is 76.9 Å². The molecule has 0 amide bonds. The molecule has 4 nitrogen and oxygen atoms in total. The number of anilines is 1. The number of halogens is 1. The number of aromatic nitrogens is 2. The van der Waals surface area contributed by atoms with Gasteiger partial charge in [-0.05, 0) is 35.6 Å². The minimum atomic E-state index is 0.608. The topological polar surface area (TPSA) is 38.2 Å². The third-order valence-corrected chi connectivity index (χ3v) is 4.79. The minimum Gasteiger partial charge on any atom is -0.495 e. The van der Waals surface area contributed by atoms with E-state index >= 15 is 0 Å². The Morgan fingerprint density at radius 2 is 1.81 bits per heavy atom. The summed E-state index contributed by atoms with van der Waals surface area (Å²) in [6.45, 7) is 1.43. The van der Waals surface area contributed by atoms with Gasteiger partial charge in [-0.25, -0.2) is 9.97 Å². The zero-order valence-corrected chi connectivity index (χ0v) is 16.3. The van der Waals surface area contributed by atoms with Gasteiger partial charge in [0.2, 0.25) is 0 Å². The number of benzene rings is 2. The van der Waals surface area contributed by atoms with Crippen molar-refractivity contribution in [1.29, 1.82) is 0 Å². The van der Waals surface area contributed by atoms with Gasteiger partial charge in [0.15, 0.2) is 5.16 Å². The molecule has 0 bridgehead atoms. The molecule has 134 valence electrons. The van der Waals surface area contributed by atoms with Crippen LogP contribution in [0.15, 0.2) is 66.0 Å². The summed E-state index contributed by atoms with van der Waals surface area (Å²) in [4.78, 5) is 11.2. The summed E-state index contributed by atoms with van der Waals surface area (Å²) in [5, 5.41) is 1.37. The van der Waals surface area contributed by atoms with Crippen molar-refractivity contribution in [1.82, 2.24) is 9.97 Å². The monoisotopic (exact) mass is 385 g/mol. The van der Waals surface area contributed by atoms with E-state index in [0.717, 1.165) is 23.1 Å². The van der Waals surface area contributed by atoms with Crippen molar-refractivity contribution in [3.8, 4) is 5.75 Å². The van der Waals surface area contributed by atoms with Gasteiger partial charge in [0.1, 0.15) is 11.6 Å². The Labute approximate surface area is 163 Å². The van der Waals surface area contributed by atoms with E-state index < -0.39 is 0 Å². The van der Waals surface area contributed by atoms with Crippen molar-refractivity contribution in [2.24, 2.45) is 0 Å². The molecule has 1 aromatic heterocycles. The Kier molecular flexibility index (Phi) is 6.36. The maximum Gasteiger partial charge on any atom is 0.189 e. The number of hydrogen-bond donors (Lipinski definition) is 0. The minimum absolute atomic E-state index is 0.608. The third-order valence-electron chi connectivity index (χ3n) is 3.93. The fourth-order valence-corrected chi connectivity index (χ4v) is 3.29. The maximum atomic E-state index is 6.29. The molecule has 1 heterocycles. The lowest BCUT2D eigenvalue weighted by Gasteiger charge is -2.24. The van der Waals surface area contributed by atoms with Gasteiger partial charge in [0, 0.05) is 19.3 Å². The Hall–Kier alpha value is -2.24. The summed E-state index contributed by atoms with van der Waals surface area (Å²) in [6.07, 6.45) is 3.77. The predicted octanol–water partition coefficient (Wildman–Crippen LogP) is 5.07. The smallest absolute Gasteiger partial charge is 0.189 e. The molecular weight excluding hydrogens is 366 g/mol. The predicted molar refractivity (Wildman–Crippen MR) is 108 cm³/mol. The SMILES string of the molecule is COc1ccc(CN(Cc2ccccc2)c2ccnc(SC)n2)cc1Cl. The number of methoxy groups -OCH3 is 1. The van der Waals surface area contributed by atoms with Crippen LogP contribution in [0.4, 0.5) is 5.82 Å². The lowest BCUT2D eigenvalue weighted by Crippen LogP contribution is -2.23. The fraction of sp³-hybridized carbons (Fsp3) is 0.200. The van der Waals surface area contributed by atoms with Gasteiger partial charge in [-0.3, -0.25) is 0 Å². The first kappa shape index (κ1) is 18.5. The summed E-state index contributed by atoms with van der Waals surface area (Å²) in [5.41, 5.74) is 2.31. The van der Waals surface area contributed by atoms with Crippen molar-refractivity contribution in [2.75, 3.05) is 18.3 Å². The van der Waals surface area contributed by atoms with Crippen LogP contribution in [0, 0.1) is 0 Å². The van der Waals surface area contributed by atoms with Crippen LogP contribution >= 0.6 is 23.4 Å². The third kappa shape index (κ3) is 4.68. The highest BCUT2D eigenvalue weighted by Crippen LogP contribution is 2.27. The van der Waals surface area contributed by atoms with E-state index in [2.05, 4.69) is 27.0 Å². The summed E-state index contributed by atoms with van der Waals surface area (Å²) < 4.78 is 5.25. The van der Waals surface area contributed by atoms with Gasteiger partial charge in [-0.2, -0.15) is 0 Å². The first-order chi connectivity index (χ1) is 12.7. The molecule has 26 heavy (non-hydrogen) atoms. The number of ether oxygens (including phenoxy) is 1. The summed E-state index contributed by atoms with van der Waals surface area (Å²) in [6, 6.07) is 18.1. The van der Waals surface area contributed by atoms with Gasteiger partial charge in [-0.1, -0.05) is 59.8 Å². The molecule has 0 unspecified atom stereocenters. The van der Waals surface area contributed by atoms with E-state index in [1.54, 1.807) is 13.3 Å². The molecule has 0 aliphatic heterocycles. The highest BCUT2D eigenvalue weighted by molar-refractivity contribution is 7.98. The van der Waals surface area contributed by atoms with Gasteiger partial charge in [-0.15, -0.1) is 0 Å². The Bertz CT molecular complexity index is 861. The van der Waals surface area contributed by atoms with Crippen molar-refractivity contribution < 1.29 is 4.74 Å². The van der Waals surface area contributed by atoms with Crippen molar-refractivity contribution >= 4 is 29.2 Å². The Morgan fingerprint density at radius 3 is 2.50 bits per heavy atom. The second-order valence-electron chi connectivity index (χ2n) is 5.71. The lowest BCUT2D eigenvalue weighted by molar-refractivity contribution is 0.415. The van der Waals surface area contributed by atoms with E-state index in [1.165, 1.54) is 17.3 Å². The fourth-order valence-electron chi connectivity index (χ4n) is 2.66. The number of thioether (sulfide) groups is 1. The molecule has 3 rings (SSSR count). The molecule has 0 aliphatic carbocycles. The Morgan fingerprint density at radius 1 is 1.04 bits per heavy atom. The zero-order valence-electron chi connectivity index (χ0n) is 14.7. The molecule has 0 atom stereocenters. The van der Waals surface area contributed by atoms with E-state index in [9.17, 15) is 0 Å². The Balaban J connectivity index is 1.90. The van der Waals surface area contributed by atoms with Crippen molar-refractivity contribution in [3.63, 3.8) is 0 Å².